The smallest absolute Gasteiger partial charge is 0.326 e. The van der Waals surface area contributed by atoms with Gasteiger partial charge in [-0.2, -0.15) is 5.10 Å². The number of nitrogens with zero attached hydrogens (tertiary/aromatic N) is 4. The van der Waals surface area contributed by atoms with Crippen molar-refractivity contribution in [3.8, 4) is 0 Å². The Morgan fingerprint density at radius 3 is 2.67 bits per heavy atom. The molecular weight excluding hydrogens is 278 g/mol. The summed E-state index contributed by atoms with van der Waals surface area (Å²) in [4.78, 5) is 39.0. The summed E-state index contributed by atoms with van der Waals surface area (Å²) in [5, 5.41) is 15.5. The molecule has 0 radical (unpaired) electrons. The maximum absolute atomic E-state index is 12.1. The zero-order valence-electron chi connectivity index (χ0n) is 12.0. The maximum atomic E-state index is 12.1. The minimum absolute atomic E-state index is 0.112. The van der Waals surface area contributed by atoms with Crippen LogP contribution in [-0.2, 0) is 20.9 Å². The molecule has 0 aromatic carbocycles. The number of aliphatic carboxylic acids is 1. The zero-order chi connectivity index (χ0) is 15.8. The van der Waals surface area contributed by atoms with Gasteiger partial charge < -0.3 is 15.3 Å². The SMILES string of the molecule is CC(=O)NCCN(C(=O)CCn1cncn1)C(C)C(=O)O. The Bertz CT molecular complexity index is 488. The van der Waals surface area contributed by atoms with E-state index in [0.717, 1.165) is 0 Å². The van der Waals surface area contributed by atoms with Crippen molar-refractivity contribution in [3.05, 3.63) is 12.7 Å². The van der Waals surface area contributed by atoms with Crippen molar-refractivity contribution in [1.82, 2.24) is 25.0 Å². The number of carbonyl (C=O) groups excluding carboxylic acids is 2. The van der Waals surface area contributed by atoms with E-state index in [4.69, 9.17) is 5.11 Å². The van der Waals surface area contributed by atoms with Crippen molar-refractivity contribution in [3.63, 3.8) is 0 Å². The number of nitrogens with one attached hydrogen (secondary N) is 1. The molecule has 2 amide bonds. The van der Waals surface area contributed by atoms with Crippen LogP contribution in [0.5, 0.6) is 0 Å². The number of amides is 2. The second-order valence-electron chi connectivity index (χ2n) is 4.49. The second-order valence-corrected chi connectivity index (χ2v) is 4.49. The lowest BCUT2D eigenvalue weighted by molar-refractivity contribution is -0.149. The van der Waals surface area contributed by atoms with Gasteiger partial charge in [0.15, 0.2) is 0 Å². The minimum atomic E-state index is -1.09. The quantitative estimate of drug-likeness (QED) is 0.642. The molecule has 0 aliphatic rings. The fourth-order valence-electron chi connectivity index (χ4n) is 1.72. The molecule has 1 unspecified atom stereocenters. The molecule has 9 heteroatoms. The molecule has 116 valence electrons. The Balaban J connectivity index is 2.58. The van der Waals surface area contributed by atoms with Gasteiger partial charge in [0.1, 0.15) is 18.7 Å². The molecule has 0 fully saturated rings. The Morgan fingerprint density at radius 2 is 2.14 bits per heavy atom. The van der Waals surface area contributed by atoms with E-state index in [1.165, 1.54) is 36.1 Å². The van der Waals surface area contributed by atoms with Crippen molar-refractivity contribution in [1.29, 1.82) is 0 Å². The number of rotatable bonds is 8. The molecule has 0 saturated heterocycles. The summed E-state index contributed by atoms with van der Waals surface area (Å²) in [6.07, 6.45) is 2.95. The molecule has 1 atom stereocenters. The van der Waals surface area contributed by atoms with Crippen molar-refractivity contribution in [2.75, 3.05) is 13.1 Å². The van der Waals surface area contributed by atoms with Crippen LogP contribution in [0.3, 0.4) is 0 Å². The standard InChI is InChI=1S/C12H19N5O4/c1-9(12(20)21)17(6-4-14-10(2)18)11(19)3-5-16-8-13-7-15-16/h7-9H,3-6H2,1-2H3,(H,14,18)(H,20,21). The Kier molecular flexibility index (Phi) is 6.31. The average Bonchev–Trinajstić information content (AvgIpc) is 2.93. The van der Waals surface area contributed by atoms with E-state index in [0.29, 0.717) is 6.54 Å². The zero-order valence-corrected chi connectivity index (χ0v) is 12.0. The second kappa shape index (κ2) is 7.98. The van der Waals surface area contributed by atoms with Gasteiger partial charge in [-0.15, -0.1) is 0 Å². The number of carbonyl (C=O) groups is 3. The molecule has 0 saturated carbocycles. The van der Waals surface area contributed by atoms with Gasteiger partial charge in [0.05, 0.1) is 6.54 Å². The number of carboxylic acids is 1. The van der Waals surface area contributed by atoms with Crippen LogP contribution in [-0.4, -0.2) is 61.7 Å². The van der Waals surface area contributed by atoms with E-state index < -0.39 is 12.0 Å². The molecule has 21 heavy (non-hydrogen) atoms. The van der Waals surface area contributed by atoms with Crippen LogP contribution in [0.4, 0.5) is 0 Å². The van der Waals surface area contributed by atoms with Gasteiger partial charge in [0.2, 0.25) is 11.8 Å². The Hall–Kier alpha value is -2.45. The van der Waals surface area contributed by atoms with E-state index in [9.17, 15) is 14.4 Å². The van der Waals surface area contributed by atoms with Gasteiger partial charge in [0.25, 0.3) is 0 Å². The molecule has 0 spiro atoms. The molecule has 9 nitrogen and oxygen atoms in total. The minimum Gasteiger partial charge on any atom is -0.480 e. The third-order valence-corrected chi connectivity index (χ3v) is 2.89. The first-order chi connectivity index (χ1) is 9.91. The number of aromatic nitrogens is 3. The fraction of sp³-hybridized carbons (Fsp3) is 0.583. The number of carboxylic acid groups (broad SMARTS) is 1. The highest BCUT2D eigenvalue weighted by Crippen LogP contribution is 2.03. The molecule has 0 aliphatic heterocycles. The molecule has 2 N–H and O–H groups in total. The summed E-state index contributed by atoms with van der Waals surface area (Å²) in [5.41, 5.74) is 0. The molecule has 1 aromatic heterocycles. The lowest BCUT2D eigenvalue weighted by Crippen LogP contribution is -2.47. The van der Waals surface area contributed by atoms with Gasteiger partial charge in [0, 0.05) is 26.4 Å². The van der Waals surface area contributed by atoms with E-state index >= 15 is 0 Å². The van der Waals surface area contributed by atoms with Crippen molar-refractivity contribution in [2.45, 2.75) is 32.9 Å². The highest BCUT2D eigenvalue weighted by atomic mass is 16.4. The maximum Gasteiger partial charge on any atom is 0.326 e. The Labute approximate surface area is 121 Å². The first kappa shape index (κ1) is 16.6. The van der Waals surface area contributed by atoms with Crippen molar-refractivity contribution < 1.29 is 19.5 Å². The molecule has 1 rings (SSSR count). The fourth-order valence-corrected chi connectivity index (χ4v) is 1.72. The third kappa shape index (κ3) is 5.59. The summed E-state index contributed by atoms with van der Waals surface area (Å²) in [6.45, 7) is 3.47. The summed E-state index contributed by atoms with van der Waals surface area (Å²) in [6, 6.07) is -0.956. The van der Waals surface area contributed by atoms with E-state index in [2.05, 4.69) is 15.4 Å². The van der Waals surface area contributed by atoms with Gasteiger partial charge in [-0.3, -0.25) is 14.3 Å². The van der Waals surface area contributed by atoms with Crippen LogP contribution in [0.15, 0.2) is 12.7 Å². The van der Waals surface area contributed by atoms with Crippen molar-refractivity contribution in [2.24, 2.45) is 0 Å². The van der Waals surface area contributed by atoms with Gasteiger partial charge in [-0.05, 0) is 6.92 Å². The monoisotopic (exact) mass is 297 g/mol. The highest BCUT2D eigenvalue weighted by molar-refractivity contribution is 5.83. The van der Waals surface area contributed by atoms with Gasteiger partial charge in [-0.1, -0.05) is 0 Å². The molecule has 0 aliphatic carbocycles. The summed E-state index contributed by atoms with van der Waals surface area (Å²) >= 11 is 0. The highest BCUT2D eigenvalue weighted by Gasteiger charge is 2.24. The first-order valence-corrected chi connectivity index (χ1v) is 6.51. The summed E-state index contributed by atoms with van der Waals surface area (Å²) in [7, 11) is 0. The molecule has 0 bridgehead atoms. The van der Waals surface area contributed by atoms with Gasteiger partial charge >= 0.3 is 5.97 Å². The molecule has 1 aromatic rings. The van der Waals surface area contributed by atoms with E-state index in [-0.39, 0.29) is 31.3 Å². The normalized spacial score (nSPS) is 11.7. The van der Waals surface area contributed by atoms with Crippen LogP contribution < -0.4 is 5.32 Å². The summed E-state index contributed by atoms with van der Waals surface area (Å²) in [5.74, 6) is -1.63. The van der Waals surface area contributed by atoms with Crippen LogP contribution >= 0.6 is 0 Å². The lowest BCUT2D eigenvalue weighted by Gasteiger charge is -2.26. The lowest BCUT2D eigenvalue weighted by atomic mass is 10.2. The average molecular weight is 297 g/mol. The van der Waals surface area contributed by atoms with Crippen LogP contribution in [0.1, 0.15) is 20.3 Å². The topological polar surface area (TPSA) is 117 Å². The van der Waals surface area contributed by atoms with Gasteiger partial charge in [-0.25, -0.2) is 9.78 Å². The van der Waals surface area contributed by atoms with Crippen LogP contribution in [0.25, 0.3) is 0 Å². The molecule has 1 heterocycles. The third-order valence-electron chi connectivity index (χ3n) is 2.89. The molecular formula is C12H19N5O4. The summed E-state index contributed by atoms with van der Waals surface area (Å²) < 4.78 is 1.50. The predicted octanol–water partition coefficient (Wildman–Crippen LogP) is -0.894. The number of hydrogen-bond donors (Lipinski definition) is 2. The van der Waals surface area contributed by atoms with Crippen LogP contribution in [0, 0.1) is 0 Å². The predicted molar refractivity (Wildman–Crippen MR) is 72.1 cm³/mol. The van der Waals surface area contributed by atoms with E-state index in [1.807, 2.05) is 0 Å². The largest absolute Gasteiger partial charge is 0.480 e. The number of aryl methyl sites for hydroxylation is 1. The first-order valence-electron chi connectivity index (χ1n) is 6.51. The number of hydrogen-bond acceptors (Lipinski definition) is 5. The Morgan fingerprint density at radius 1 is 1.43 bits per heavy atom. The van der Waals surface area contributed by atoms with E-state index in [1.54, 1.807) is 0 Å². The van der Waals surface area contributed by atoms with Crippen LogP contribution in [0.2, 0.25) is 0 Å². The van der Waals surface area contributed by atoms with Crippen molar-refractivity contribution >= 4 is 17.8 Å².